The zero-order chi connectivity index (χ0) is 22.8. The summed E-state index contributed by atoms with van der Waals surface area (Å²) in [6, 6.07) is 0. The van der Waals surface area contributed by atoms with E-state index in [-0.39, 0.29) is 24.4 Å². The van der Waals surface area contributed by atoms with E-state index in [0.29, 0.717) is 41.4 Å². The third-order valence-electron chi connectivity index (χ3n) is 10.5. The maximum absolute atomic E-state index is 13.5. The van der Waals surface area contributed by atoms with Gasteiger partial charge in [0.15, 0.2) is 5.60 Å². The van der Waals surface area contributed by atoms with Gasteiger partial charge in [-0.2, -0.15) is 13.2 Å². The number of hydrogen-bond donors (Lipinski definition) is 2. The summed E-state index contributed by atoms with van der Waals surface area (Å²) in [6.45, 7) is 8.89. The van der Waals surface area contributed by atoms with E-state index >= 15 is 0 Å². The molecule has 0 amide bonds. The second kappa shape index (κ2) is 7.75. The van der Waals surface area contributed by atoms with Gasteiger partial charge in [-0.25, -0.2) is 0 Å². The van der Waals surface area contributed by atoms with Crippen molar-refractivity contribution in [1.29, 1.82) is 0 Å². The Bertz CT molecular complexity index is 716. The van der Waals surface area contributed by atoms with Gasteiger partial charge >= 0.3 is 6.18 Å². The second-order valence-corrected chi connectivity index (χ2v) is 12.1. The van der Waals surface area contributed by atoms with Gasteiger partial charge in [-0.05, 0) is 105 Å². The Kier molecular flexibility index (Phi) is 5.90. The summed E-state index contributed by atoms with van der Waals surface area (Å²) in [4.78, 5) is 0. The molecule has 0 heterocycles. The summed E-state index contributed by atoms with van der Waals surface area (Å²) in [6.07, 6.45) is 4.84. The fourth-order valence-electron chi connectivity index (χ4n) is 8.57. The van der Waals surface area contributed by atoms with Crippen LogP contribution in [0.25, 0.3) is 0 Å². The van der Waals surface area contributed by atoms with Crippen molar-refractivity contribution in [2.45, 2.75) is 110 Å². The highest BCUT2D eigenvalue weighted by molar-refractivity contribution is 5.28. The van der Waals surface area contributed by atoms with E-state index in [4.69, 9.17) is 0 Å². The molecule has 178 valence electrons. The van der Waals surface area contributed by atoms with Crippen molar-refractivity contribution in [3.8, 4) is 0 Å². The third kappa shape index (κ3) is 3.70. The summed E-state index contributed by atoms with van der Waals surface area (Å²) in [5, 5.41) is 20.1. The fourth-order valence-corrected chi connectivity index (χ4v) is 8.57. The Hall–Kier alpha value is -0.550. The largest absolute Gasteiger partial charge is 0.417 e. The molecule has 0 bridgehead atoms. The van der Waals surface area contributed by atoms with Gasteiger partial charge in [0.05, 0.1) is 6.10 Å². The van der Waals surface area contributed by atoms with E-state index in [0.717, 1.165) is 37.7 Å². The smallest absolute Gasteiger partial charge is 0.393 e. The number of alkyl halides is 3. The summed E-state index contributed by atoms with van der Waals surface area (Å²) >= 11 is 0. The van der Waals surface area contributed by atoms with Gasteiger partial charge in [0, 0.05) is 6.42 Å². The lowest BCUT2D eigenvalue weighted by atomic mass is 9.46. The van der Waals surface area contributed by atoms with Gasteiger partial charge in [0.2, 0.25) is 0 Å². The summed E-state index contributed by atoms with van der Waals surface area (Å²) in [5.41, 5.74) is -1.57. The quantitative estimate of drug-likeness (QED) is 0.478. The molecular formula is C26H41F3O2. The van der Waals surface area contributed by atoms with Gasteiger partial charge in [-0.3, -0.25) is 0 Å². The van der Waals surface area contributed by atoms with Crippen molar-refractivity contribution in [2.24, 2.45) is 40.4 Å². The van der Waals surface area contributed by atoms with Crippen LogP contribution in [0.1, 0.15) is 91.9 Å². The first-order valence-corrected chi connectivity index (χ1v) is 12.5. The molecule has 9 atom stereocenters. The van der Waals surface area contributed by atoms with Crippen molar-refractivity contribution in [2.75, 3.05) is 0 Å². The van der Waals surface area contributed by atoms with Gasteiger partial charge in [0.1, 0.15) is 0 Å². The molecular weight excluding hydrogens is 401 g/mol. The Morgan fingerprint density at radius 3 is 2.39 bits per heavy atom. The van der Waals surface area contributed by atoms with Crippen molar-refractivity contribution in [1.82, 2.24) is 0 Å². The molecule has 31 heavy (non-hydrogen) atoms. The van der Waals surface area contributed by atoms with Crippen LogP contribution >= 0.6 is 0 Å². The number of halogens is 3. The van der Waals surface area contributed by atoms with Crippen molar-refractivity contribution < 1.29 is 23.4 Å². The molecule has 3 fully saturated rings. The second-order valence-electron chi connectivity index (χ2n) is 12.1. The molecule has 0 spiro atoms. The van der Waals surface area contributed by atoms with Crippen LogP contribution in [0.15, 0.2) is 11.6 Å². The lowest BCUT2D eigenvalue weighted by molar-refractivity contribution is -0.271. The van der Waals surface area contributed by atoms with E-state index < -0.39 is 11.8 Å². The number of rotatable bonds is 4. The highest BCUT2D eigenvalue weighted by Crippen LogP contribution is 2.68. The highest BCUT2D eigenvalue weighted by Gasteiger charge is 2.63. The zero-order valence-corrected chi connectivity index (χ0v) is 19.6. The van der Waals surface area contributed by atoms with E-state index in [1.54, 1.807) is 0 Å². The minimum absolute atomic E-state index is 0.172. The van der Waals surface area contributed by atoms with Gasteiger partial charge < -0.3 is 10.2 Å². The molecule has 0 aromatic carbocycles. The maximum atomic E-state index is 13.5. The molecule has 0 aliphatic heterocycles. The monoisotopic (exact) mass is 442 g/mol. The summed E-state index contributed by atoms with van der Waals surface area (Å²) in [7, 11) is 0. The third-order valence-corrected chi connectivity index (χ3v) is 10.5. The highest BCUT2D eigenvalue weighted by atomic mass is 19.4. The SMILES string of the molecule is C[C@H](O)CC[C@@H](C)[C@H]1CC[C@H]2[C@@H]3CC=C4C[C@](O)(C(F)(F)F)CC[C@]4(C)[C@H]3CC[C@]12C. The molecule has 4 aliphatic rings. The lowest BCUT2D eigenvalue weighted by Crippen LogP contribution is -2.55. The van der Waals surface area contributed by atoms with Crippen LogP contribution in [-0.4, -0.2) is 28.1 Å². The first-order chi connectivity index (χ1) is 14.3. The van der Waals surface area contributed by atoms with Gasteiger partial charge in [-0.1, -0.05) is 32.4 Å². The van der Waals surface area contributed by atoms with Gasteiger partial charge in [0.25, 0.3) is 0 Å². The molecule has 2 nitrogen and oxygen atoms in total. The van der Waals surface area contributed by atoms with Crippen molar-refractivity contribution >= 4 is 0 Å². The van der Waals surface area contributed by atoms with Crippen LogP contribution in [0.4, 0.5) is 13.2 Å². The maximum Gasteiger partial charge on any atom is 0.417 e. The molecule has 3 saturated carbocycles. The van der Waals surface area contributed by atoms with Gasteiger partial charge in [-0.15, -0.1) is 0 Å². The van der Waals surface area contributed by atoms with Crippen LogP contribution in [0, 0.1) is 40.4 Å². The average molecular weight is 443 g/mol. The zero-order valence-electron chi connectivity index (χ0n) is 19.6. The van der Waals surface area contributed by atoms with Crippen LogP contribution in [0.5, 0.6) is 0 Å². The molecule has 2 N–H and O–H groups in total. The van der Waals surface area contributed by atoms with E-state index in [9.17, 15) is 23.4 Å². The minimum atomic E-state index is -4.56. The number of aliphatic hydroxyl groups excluding tert-OH is 1. The van der Waals surface area contributed by atoms with E-state index in [1.807, 2.05) is 6.92 Å². The van der Waals surface area contributed by atoms with Crippen LogP contribution < -0.4 is 0 Å². The van der Waals surface area contributed by atoms with E-state index in [2.05, 4.69) is 26.8 Å². The minimum Gasteiger partial charge on any atom is -0.393 e. The molecule has 0 aromatic heterocycles. The molecule has 5 heteroatoms. The molecule has 0 unspecified atom stereocenters. The molecule has 0 radical (unpaired) electrons. The molecule has 4 aliphatic carbocycles. The number of fused-ring (bicyclic) bond motifs is 5. The van der Waals surface area contributed by atoms with Crippen molar-refractivity contribution in [3.63, 3.8) is 0 Å². The number of aliphatic hydroxyl groups is 2. The van der Waals surface area contributed by atoms with E-state index in [1.165, 1.54) is 12.8 Å². The molecule has 0 saturated heterocycles. The summed E-state index contributed by atoms with van der Waals surface area (Å²) < 4.78 is 40.5. The van der Waals surface area contributed by atoms with Crippen LogP contribution in [0.3, 0.4) is 0 Å². The van der Waals surface area contributed by atoms with Crippen LogP contribution in [-0.2, 0) is 0 Å². The Labute approximate surface area is 185 Å². The Morgan fingerprint density at radius 2 is 1.74 bits per heavy atom. The Balaban J connectivity index is 1.54. The van der Waals surface area contributed by atoms with Crippen LogP contribution in [0.2, 0.25) is 0 Å². The topological polar surface area (TPSA) is 40.5 Å². The predicted molar refractivity (Wildman–Crippen MR) is 116 cm³/mol. The number of allylic oxidation sites excluding steroid dienone is 1. The average Bonchev–Trinajstić information content (AvgIpc) is 3.03. The Morgan fingerprint density at radius 1 is 1.03 bits per heavy atom. The predicted octanol–water partition coefficient (Wildman–Crippen LogP) is 6.66. The number of hydrogen-bond acceptors (Lipinski definition) is 2. The standard InChI is InChI=1S/C26H41F3O2/c1-16(5-6-17(2)30)20-9-10-21-19-8-7-18-15-25(31,26(27,28)29)14-13-23(18,3)22(19)11-12-24(20,21)4/h7,16-17,19-22,30-31H,5-6,8-15H2,1-4H3/t16-,17+,19+,20-,21+,22+,23+,24-,25+/m1/s1. The summed E-state index contributed by atoms with van der Waals surface area (Å²) in [5.74, 6) is 2.91. The van der Waals surface area contributed by atoms with Crippen molar-refractivity contribution in [3.05, 3.63) is 11.6 Å². The molecule has 0 aromatic rings. The lowest BCUT2D eigenvalue weighted by Gasteiger charge is -2.59. The first kappa shape index (κ1) is 23.6. The fraction of sp³-hybridized carbons (Fsp3) is 0.923. The molecule has 4 rings (SSSR count). The normalized spacial score (nSPS) is 47.1. The first-order valence-electron chi connectivity index (χ1n) is 12.5.